The number of nitrogens with zero attached hydrogens (tertiary/aromatic N) is 2. The van der Waals surface area contributed by atoms with Gasteiger partial charge >= 0.3 is 0 Å². The van der Waals surface area contributed by atoms with Crippen LogP contribution < -0.4 is 4.90 Å². The normalized spacial score (nSPS) is 13.3. The summed E-state index contributed by atoms with van der Waals surface area (Å²) in [5, 5.41) is 5.27. The Morgan fingerprint density at radius 1 is 0.489 bits per heavy atom. The summed E-state index contributed by atoms with van der Waals surface area (Å²) in [7, 11) is 0. The molecule has 1 aromatic heterocycles. The number of benzene rings is 7. The van der Waals surface area contributed by atoms with Crippen molar-refractivity contribution in [1.82, 2.24) is 4.57 Å². The third-order valence-electron chi connectivity index (χ3n) is 9.71. The van der Waals surface area contributed by atoms with Crippen LogP contribution in [0.5, 0.6) is 0 Å². The van der Waals surface area contributed by atoms with Crippen molar-refractivity contribution in [1.29, 1.82) is 0 Å². The molecule has 0 spiro atoms. The van der Waals surface area contributed by atoms with E-state index < -0.39 is 0 Å². The lowest BCUT2D eigenvalue weighted by molar-refractivity contribution is 0.666. The van der Waals surface area contributed by atoms with E-state index in [4.69, 9.17) is 0 Å². The number of hydrogen-bond acceptors (Lipinski definition) is 1. The monoisotopic (exact) mass is 576 g/mol. The number of hydrogen-bond donors (Lipinski definition) is 0. The highest BCUT2D eigenvalue weighted by Crippen LogP contribution is 2.53. The van der Waals surface area contributed by atoms with Gasteiger partial charge in [-0.05, 0) is 87.6 Å². The second kappa shape index (κ2) is 9.70. The summed E-state index contributed by atoms with van der Waals surface area (Å²) < 4.78 is 2.45. The lowest BCUT2D eigenvalue weighted by atomic mass is 9.79. The Balaban J connectivity index is 1.33. The summed E-state index contributed by atoms with van der Waals surface area (Å²) in [6.07, 6.45) is 0. The summed E-state index contributed by atoms with van der Waals surface area (Å²) in [6, 6.07) is 57.3. The first-order chi connectivity index (χ1) is 22.1. The molecular formula is C43H32N2. The molecule has 0 saturated heterocycles. The van der Waals surface area contributed by atoms with Crippen LogP contribution in [0.2, 0.25) is 0 Å². The molecule has 7 aromatic carbocycles. The smallest absolute Gasteiger partial charge is 0.0547 e. The highest BCUT2D eigenvalue weighted by Gasteiger charge is 2.37. The molecule has 0 N–H and O–H groups in total. The zero-order valence-corrected chi connectivity index (χ0v) is 25.4. The molecule has 8 aromatic rings. The minimum absolute atomic E-state index is 0.102. The lowest BCUT2D eigenvalue weighted by Crippen LogP contribution is -2.15. The average Bonchev–Trinajstić information content (AvgIpc) is 3.55. The first-order valence-corrected chi connectivity index (χ1v) is 15.7. The minimum Gasteiger partial charge on any atom is -0.310 e. The first kappa shape index (κ1) is 25.9. The van der Waals surface area contributed by atoms with E-state index in [1.165, 1.54) is 54.8 Å². The summed E-state index contributed by atoms with van der Waals surface area (Å²) in [4.78, 5) is 2.33. The zero-order valence-electron chi connectivity index (χ0n) is 25.4. The molecule has 0 radical (unpaired) electrons. The fourth-order valence-corrected chi connectivity index (χ4v) is 7.80. The number of aromatic nitrogens is 1. The van der Waals surface area contributed by atoms with Crippen LogP contribution in [0.25, 0.3) is 49.4 Å². The van der Waals surface area contributed by atoms with E-state index in [1.54, 1.807) is 0 Å². The van der Waals surface area contributed by atoms with Crippen molar-refractivity contribution in [2.45, 2.75) is 19.3 Å². The molecule has 0 aliphatic heterocycles. The summed E-state index contributed by atoms with van der Waals surface area (Å²) >= 11 is 0. The molecule has 9 rings (SSSR count). The van der Waals surface area contributed by atoms with Crippen LogP contribution in [0.4, 0.5) is 17.1 Å². The van der Waals surface area contributed by atoms with Crippen LogP contribution in [0.3, 0.4) is 0 Å². The van der Waals surface area contributed by atoms with E-state index >= 15 is 0 Å². The molecular weight excluding hydrogens is 544 g/mol. The van der Waals surface area contributed by atoms with Crippen LogP contribution in [0.15, 0.2) is 158 Å². The molecule has 2 heteroatoms. The Kier molecular flexibility index (Phi) is 5.58. The van der Waals surface area contributed by atoms with E-state index in [1.807, 2.05) is 0 Å². The number of anilines is 3. The van der Waals surface area contributed by atoms with E-state index in [0.29, 0.717) is 0 Å². The predicted octanol–water partition coefficient (Wildman–Crippen LogP) is 11.7. The molecule has 45 heavy (non-hydrogen) atoms. The van der Waals surface area contributed by atoms with Gasteiger partial charge in [-0.1, -0.05) is 117 Å². The minimum atomic E-state index is -0.102. The van der Waals surface area contributed by atoms with Gasteiger partial charge in [-0.2, -0.15) is 0 Å². The molecule has 0 unspecified atom stereocenters. The van der Waals surface area contributed by atoms with Crippen LogP contribution in [0.1, 0.15) is 25.0 Å². The van der Waals surface area contributed by atoms with Crippen molar-refractivity contribution in [3.8, 4) is 16.8 Å². The largest absolute Gasteiger partial charge is 0.310 e. The van der Waals surface area contributed by atoms with Crippen molar-refractivity contribution in [2.75, 3.05) is 4.90 Å². The van der Waals surface area contributed by atoms with Gasteiger partial charge in [-0.3, -0.25) is 0 Å². The first-order valence-electron chi connectivity index (χ1n) is 15.7. The molecule has 0 atom stereocenters. The Morgan fingerprint density at radius 3 is 1.91 bits per heavy atom. The van der Waals surface area contributed by atoms with Gasteiger partial charge in [-0.25, -0.2) is 0 Å². The summed E-state index contributed by atoms with van der Waals surface area (Å²) in [6.45, 7) is 4.78. The maximum Gasteiger partial charge on any atom is 0.0547 e. The molecule has 0 fully saturated rings. The molecule has 0 amide bonds. The summed E-state index contributed by atoms with van der Waals surface area (Å²) in [5.41, 5.74) is 12.4. The van der Waals surface area contributed by atoms with Crippen molar-refractivity contribution in [2.24, 2.45) is 0 Å². The average molecular weight is 577 g/mol. The van der Waals surface area contributed by atoms with Crippen LogP contribution >= 0.6 is 0 Å². The second-order valence-corrected chi connectivity index (χ2v) is 12.6. The van der Waals surface area contributed by atoms with Crippen LogP contribution in [-0.2, 0) is 5.41 Å². The Labute approximate surface area is 263 Å². The third-order valence-corrected chi connectivity index (χ3v) is 9.71. The van der Waals surface area contributed by atoms with Gasteiger partial charge in [0.25, 0.3) is 0 Å². The highest BCUT2D eigenvalue weighted by atomic mass is 15.1. The topological polar surface area (TPSA) is 8.17 Å². The van der Waals surface area contributed by atoms with Crippen molar-refractivity contribution >= 4 is 49.6 Å². The fraction of sp³-hybridized carbons (Fsp3) is 0.0698. The Hall–Kier alpha value is -5.60. The Bertz CT molecular complexity index is 2360. The molecule has 0 saturated carbocycles. The van der Waals surface area contributed by atoms with Gasteiger partial charge in [0.2, 0.25) is 0 Å². The van der Waals surface area contributed by atoms with E-state index in [9.17, 15) is 0 Å². The molecule has 1 aliphatic carbocycles. The maximum absolute atomic E-state index is 2.45. The van der Waals surface area contributed by atoms with Crippen molar-refractivity contribution in [3.63, 3.8) is 0 Å². The number of fused-ring (bicyclic) bond motifs is 9. The van der Waals surface area contributed by atoms with Crippen molar-refractivity contribution in [3.05, 3.63) is 169 Å². The van der Waals surface area contributed by atoms with Crippen LogP contribution in [0, 0.1) is 0 Å². The summed E-state index contributed by atoms with van der Waals surface area (Å²) in [5.74, 6) is 0. The second-order valence-electron chi connectivity index (χ2n) is 12.6. The fourth-order valence-electron chi connectivity index (χ4n) is 7.80. The number of rotatable bonds is 4. The predicted molar refractivity (Wildman–Crippen MR) is 191 cm³/mol. The highest BCUT2D eigenvalue weighted by molar-refractivity contribution is 6.23. The van der Waals surface area contributed by atoms with Crippen LogP contribution in [-0.4, -0.2) is 4.57 Å². The van der Waals surface area contributed by atoms with Crippen molar-refractivity contribution < 1.29 is 0 Å². The molecule has 1 aliphatic rings. The van der Waals surface area contributed by atoms with E-state index in [-0.39, 0.29) is 5.41 Å². The molecule has 0 bridgehead atoms. The van der Waals surface area contributed by atoms with Gasteiger partial charge < -0.3 is 9.47 Å². The number of para-hydroxylation sites is 3. The van der Waals surface area contributed by atoms with Gasteiger partial charge in [0.05, 0.1) is 11.0 Å². The molecule has 1 heterocycles. The third kappa shape index (κ3) is 3.76. The van der Waals surface area contributed by atoms with Gasteiger partial charge in [0.1, 0.15) is 0 Å². The van der Waals surface area contributed by atoms with Gasteiger partial charge in [-0.15, -0.1) is 0 Å². The quantitative estimate of drug-likeness (QED) is 0.202. The molecule has 2 nitrogen and oxygen atoms in total. The van der Waals surface area contributed by atoms with E-state index in [2.05, 4.69) is 181 Å². The lowest BCUT2D eigenvalue weighted by Gasteiger charge is -2.26. The standard InChI is InChI=1S/C43H32N2/c1-43(2)37-22-11-9-20-34(37)35-26-24-29-25-27-39-41(40(29)42(35)43)36-21-10-12-23-38(36)45(39)33-19-13-18-32(28-33)44(30-14-5-3-6-15-30)31-16-7-4-8-17-31/h3-28H,1-2H3. The Morgan fingerprint density at radius 2 is 1.13 bits per heavy atom. The zero-order chi connectivity index (χ0) is 30.1. The van der Waals surface area contributed by atoms with E-state index in [0.717, 1.165) is 22.7 Å². The van der Waals surface area contributed by atoms with Gasteiger partial charge in [0, 0.05) is 38.9 Å². The molecule has 214 valence electrons. The maximum atomic E-state index is 2.45. The van der Waals surface area contributed by atoms with Gasteiger partial charge in [0.15, 0.2) is 0 Å². The SMILES string of the molecule is CC1(C)c2ccccc2-c2ccc3ccc4c(c5ccccc5n4-c4cccc(N(c5ccccc5)c5ccccc5)c4)c3c21.